The summed E-state index contributed by atoms with van der Waals surface area (Å²) < 4.78 is 26.9. The number of nitro benzene ring substituents is 1. The number of amides is 1. The summed E-state index contributed by atoms with van der Waals surface area (Å²) in [5.74, 6) is -3.63. The minimum absolute atomic E-state index is 0.150. The van der Waals surface area contributed by atoms with Gasteiger partial charge in [0.05, 0.1) is 4.92 Å². The van der Waals surface area contributed by atoms with Crippen molar-refractivity contribution >= 4 is 11.6 Å². The van der Waals surface area contributed by atoms with Crippen molar-refractivity contribution in [3.63, 3.8) is 0 Å². The van der Waals surface area contributed by atoms with Gasteiger partial charge in [-0.25, -0.2) is 4.39 Å². The molecule has 6 nitrogen and oxygen atoms in total. The van der Waals surface area contributed by atoms with Crippen LogP contribution in [-0.4, -0.2) is 31.0 Å². The van der Waals surface area contributed by atoms with Crippen molar-refractivity contribution in [2.45, 2.75) is 0 Å². The highest BCUT2D eigenvalue weighted by molar-refractivity contribution is 5.95. The topological polar surface area (TPSA) is 84.3 Å². The van der Waals surface area contributed by atoms with E-state index in [-0.39, 0.29) is 6.54 Å². The smallest absolute Gasteiger partial charge is 0.305 e. The first-order valence-electron chi connectivity index (χ1n) is 5.04. The number of carbonyl (C=O) groups excluding carboxylic acids is 1. The number of likely N-dealkylation sites (N-methyl/N-ethyl adjacent to an activating group) is 1. The summed E-state index contributed by atoms with van der Waals surface area (Å²) in [5.41, 5.74) is -1.88. The zero-order chi connectivity index (χ0) is 13.7. The Morgan fingerprint density at radius 3 is 2.61 bits per heavy atom. The largest absolute Gasteiger partial charge is 0.351 e. The van der Waals surface area contributed by atoms with E-state index in [0.717, 1.165) is 0 Å². The number of carbonyl (C=O) groups is 1. The summed E-state index contributed by atoms with van der Waals surface area (Å²) in [6.07, 6.45) is 0. The fourth-order valence-electron chi connectivity index (χ4n) is 1.28. The predicted molar refractivity (Wildman–Crippen MR) is 59.3 cm³/mol. The van der Waals surface area contributed by atoms with Gasteiger partial charge in [-0.15, -0.1) is 0 Å². The molecule has 0 unspecified atom stereocenters. The van der Waals surface area contributed by atoms with E-state index in [1.165, 1.54) is 0 Å². The lowest BCUT2D eigenvalue weighted by molar-refractivity contribution is -0.387. The predicted octanol–water partition coefficient (Wildman–Crippen LogP) is 0.822. The highest BCUT2D eigenvalue weighted by Crippen LogP contribution is 2.22. The van der Waals surface area contributed by atoms with Gasteiger partial charge in [0.1, 0.15) is 11.4 Å². The molecule has 1 aromatic carbocycles. The average Bonchev–Trinajstić information content (AvgIpc) is 2.28. The molecular weight excluding hydrogens is 248 g/mol. The molecule has 0 aliphatic heterocycles. The van der Waals surface area contributed by atoms with Crippen molar-refractivity contribution in [2.75, 3.05) is 20.1 Å². The van der Waals surface area contributed by atoms with Crippen LogP contribution < -0.4 is 10.6 Å². The number of halogens is 2. The fourth-order valence-corrected chi connectivity index (χ4v) is 1.28. The van der Waals surface area contributed by atoms with Crippen LogP contribution in [0.15, 0.2) is 12.1 Å². The molecule has 8 heteroatoms. The quantitative estimate of drug-likeness (QED) is 0.466. The van der Waals surface area contributed by atoms with Crippen molar-refractivity contribution < 1.29 is 18.5 Å². The number of hydrogen-bond donors (Lipinski definition) is 2. The number of hydrogen-bond acceptors (Lipinski definition) is 4. The lowest BCUT2D eigenvalue weighted by atomic mass is 10.1. The van der Waals surface area contributed by atoms with Gasteiger partial charge in [0.2, 0.25) is 5.82 Å². The number of benzene rings is 1. The maximum absolute atomic E-state index is 13.6. The Kier molecular flexibility index (Phi) is 4.67. The molecule has 0 aromatic heterocycles. The van der Waals surface area contributed by atoms with E-state index in [9.17, 15) is 23.7 Å². The Hall–Kier alpha value is -2.09. The second kappa shape index (κ2) is 6.01. The lowest BCUT2D eigenvalue weighted by Gasteiger charge is -2.06. The minimum atomic E-state index is -1.47. The third-order valence-corrected chi connectivity index (χ3v) is 2.16. The van der Waals surface area contributed by atoms with Gasteiger partial charge < -0.3 is 10.6 Å². The Labute approximate surface area is 101 Å². The third kappa shape index (κ3) is 2.98. The number of rotatable bonds is 5. The standard InChI is InChI=1S/C10H11F2N3O3/c1-13-4-5-14-10(16)8-6(11)2-3-7(9(8)12)15(17)18/h2-3,13H,4-5H2,1H3,(H,14,16). The Morgan fingerprint density at radius 1 is 1.39 bits per heavy atom. The first kappa shape index (κ1) is 14.0. The highest BCUT2D eigenvalue weighted by Gasteiger charge is 2.25. The van der Waals surface area contributed by atoms with Gasteiger partial charge in [0.25, 0.3) is 5.91 Å². The third-order valence-electron chi connectivity index (χ3n) is 2.16. The molecule has 0 spiro atoms. The van der Waals surface area contributed by atoms with Crippen LogP contribution in [0.1, 0.15) is 10.4 Å². The molecule has 0 aliphatic rings. The lowest BCUT2D eigenvalue weighted by Crippen LogP contribution is -2.31. The maximum Gasteiger partial charge on any atom is 0.305 e. The van der Waals surface area contributed by atoms with Crippen LogP contribution in [-0.2, 0) is 0 Å². The molecule has 18 heavy (non-hydrogen) atoms. The molecule has 2 N–H and O–H groups in total. The summed E-state index contributed by atoms with van der Waals surface area (Å²) in [6, 6.07) is 1.36. The van der Waals surface area contributed by atoms with Gasteiger partial charge in [-0.2, -0.15) is 4.39 Å². The zero-order valence-corrected chi connectivity index (χ0v) is 9.50. The van der Waals surface area contributed by atoms with E-state index in [0.29, 0.717) is 18.7 Å². The van der Waals surface area contributed by atoms with Gasteiger partial charge in [0, 0.05) is 19.2 Å². The van der Waals surface area contributed by atoms with Gasteiger partial charge in [-0.1, -0.05) is 0 Å². The first-order chi connectivity index (χ1) is 8.49. The monoisotopic (exact) mass is 259 g/mol. The van der Waals surface area contributed by atoms with Crippen LogP contribution in [0.2, 0.25) is 0 Å². The van der Waals surface area contributed by atoms with Crippen LogP contribution in [0.25, 0.3) is 0 Å². The second-order valence-electron chi connectivity index (χ2n) is 3.37. The van der Waals surface area contributed by atoms with Crippen LogP contribution in [0.4, 0.5) is 14.5 Å². The van der Waals surface area contributed by atoms with E-state index in [1.54, 1.807) is 7.05 Å². The summed E-state index contributed by atoms with van der Waals surface area (Å²) in [5, 5.41) is 15.4. The van der Waals surface area contributed by atoms with Crippen molar-refractivity contribution in [1.29, 1.82) is 0 Å². The molecular formula is C10H11F2N3O3. The molecule has 0 bridgehead atoms. The van der Waals surface area contributed by atoms with Gasteiger partial charge in [-0.05, 0) is 13.1 Å². The van der Waals surface area contributed by atoms with E-state index in [4.69, 9.17) is 0 Å². The average molecular weight is 259 g/mol. The van der Waals surface area contributed by atoms with Crippen LogP contribution in [0, 0.1) is 21.7 Å². The minimum Gasteiger partial charge on any atom is -0.351 e. The van der Waals surface area contributed by atoms with Crippen LogP contribution in [0.3, 0.4) is 0 Å². The Balaban J connectivity index is 3.03. The zero-order valence-electron chi connectivity index (χ0n) is 9.50. The molecule has 0 saturated carbocycles. The molecule has 1 amide bonds. The van der Waals surface area contributed by atoms with Gasteiger partial charge in [-0.3, -0.25) is 14.9 Å². The summed E-state index contributed by atoms with van der Waals surface area (Å²) >= 11 is 0. The van der Waals surface area contributed by atoms with Crippen LogP contribution >= 0.6 is 0 Å². The number of nitro groups is 1. The molecule has 0 atom stereocenters. The first-order valence-corrected chi connectivity index (χ1v) is 5.04. The van der Waals surface area contributed by atoms with Crippen LogP contribution in [0.5, 0.6) is 0 Å². The molecule has 0 aliphatic carbocycles. The summed E-state index contributed by atoms with van der Waals surface area (Å²) in [6.45, 7) is 0.556. The Morgan fingerprint density at radius 2 is 2.06 bits per heavy atom. The van der Waals surface area contributed by atoms with Crippen molar-refractivity contribution in [3.05, 3.63) is 39.4 Å². The normalized spacial score (nSPS) is 10.2. The van der Waals surface area contributed by atoms with E-state index in [2.05, 4.69) is 10.6 Å². The van der Waals surface area contributed by atoms with Crippen molar-refractivity contribution in [3.8, 4) is 0 Å². The van der Waals surface area contributed by atoms with Gasteiger partial charge in [0.15, 0.2) is 0 Å². The molecule has 0 radical (unpaired) electrons. The molecule has 1 aromatic rings. The van der Waals surface area contributed by atoms with E-state index < -0.39 is 33.7 Å². The number of nitrogens with one attached hydrogen (secondary N) is 2. The van der Waals surface area contributed by atoms with Crippen molar-refractivity contribution in [2.24, 2.45) is 0 Å². The summed E-state index contributed by atoms with van der Waals surface area (Å²) in [4.78, 5) is 20.9. The Bertz CT molecular complexity index is 480. The van der Waals surface area contributed by atoms with E-state index in [1.807, 2.05) is 0 Å². The molecule has 0 heterocycles. The molecule has 0 saturated heterocycles. The van der Waals surface area contributed by atoms with Crippen molar-refractivity contribution in [1.82, 2.24) is 10.6 Å². The fraction of sp³-hybridized carbons (Fsp3) is 0.300. The highest BCUT2D eigenvalue weighted by atomic mass is 19.1. The number of nitrogens with zero attached hydrogens (tertiary/aromatic N) is 1. The van der Waals surface area contributed by atoms with E-state index >= 15 is 0 Å². The maximum atomic E-state index is 13.6. The van der Waals surface area contributed by atoms with Gasteiger partial charge >= 0.3 is 5.69 Å². The molecule has 98 valence electrons. The molecule has 1 rings (SSSR count). The summed E-state index contributed by atoms with van der Waals surface area (Å²) in [7, 11) is 1.64. The second-order valence-corrected chi connectivity index (χ2v) is 3.37. The molecule has 0 fully saturated rings. The SMILES string of the molecule is CNCCNC(=O)c1c(F)ccc([N+](=O)[O-])c1F.